The van der Waals surface area contributed by atoms with E-state index in [0.29, 0.717) is 31.2 Å². The SMILES string of the molecule is NC(=S)CCCn1ncc(N2CCOCC2)cc1=O. The van der Waals surface area contributed by atoms with Crippen LogP contribution in [0.5, 0.6) is 0 Å². The van der Waals surface area contributed by atoms with E-state index in [-0.39, 0.29) is 5.56 Å². The van der Waals surface area contributed by atoms with Gasteiger partial charge in [-0.05, 0) is 12.8 Å². The summed E-state index contributed by atoms with van der Waals surface area (Å²) in [6.45, 7) is 3.52. The van der Waals surface area contributed by atoms with Crippen molar-refractivity contribution in [1.82, 2.24) is 9.78 Å². The fourth-order valence-corrected chi connectivity index (χ4v) is 2.13. The van der Waals surface area contributed by atoms with Crippen LogP contribution in [0.1, 0.15) is 12.8 Å². The maximum Gasteiger partial charge on any atom is 0.268 e. The maximum absolute atomic E-state index is 11.9. The minimum Gasteiger partial charge on any atom is -0.393 e. The van der Waals surface area contributed by atoms with Gasteiger partial charge >= 0.3 is 0 Å². The molecule has 0 bridgehead atoms. The van der Waals surface area contributed by atoms with Crippen LogP contribution in [0.15, 0.2) is 17.1 Å². The normalized spacial score (nSPS) is 15.5. The molecule has 2 rings (SSSR count). The number of rotatable bonds is 5. The number of nitrogens with two attached hydrogens (primary N) is 1. The number of morpholine rings is 1. The highest BCUT2D eigenvalue weighted by atomic mass is 32.1. The van der Waals surface area contributed by atoms with E-state index in [4.69, 9.17) is 22.7 Å². The number of hydrogen-bond acceptors (Lipinski definition) is 5. The van der Waals surface area contributed by atoms with Gasteiger partial charge in [-0.3, -0.25) is 4.79 Å². The number of thiocarbonyl (C=S) groups is 1. The molecule has 0 aliphatic carbocycles. The fraction of sp³-hybridized carbons (Fsp3) is 0.583. The lowest BCUT2D eigenvalue weighted by Gasteiger charge is -2.28. The van der Waals surface area contributed by atoms with Crippen LogP contribution in [-0.4, -0.2) is 41.1 Å². The zero-order chi connectivity index (χ0) is 13.7. The minimum absolute atomic E-state index is 0.0908. The molecule has 0 radical (unpaired) electrons. The van der Waals surface area contributed by atoms with Gasteiger partial charge in [0.1, 0.15) is 0 Å². The Balaban J connectivity index is 2.00. The number of aryl methyl sites for hydroxylation is 1. The predicted octanol–water partition coefficient (Wildman–Crippen LogP) is 0.146. The van der Waals surface area contributed by atoms with E-state index in [2.05, 4.69) is 10.00 Å². The minimum atomic E-state index is -0.0908. The van der Waals surface area contributed by atoms with Crippen LogP contribution in [-0.2, 0) is 11.3 Å². The van der Waals surface area contributed by atoms with Crippen molar-refractivity contribution < 1.29 is 4.74 Å². The first-order valence-corrected chi connectivity index (χ1v) is 6.76. The Hall–Kier alpha value is -1.47. The molecule has 0 atom stereocenters. The van der Waals surface area contributed by atoms with Crippen molar-refractivity contribution in [3.8, 4) is 0 Å². The summed E-state index contributed by atoms with van der Waals surface area (Å²) >= 11 is 4.80. The monoisotopic (exact) mass is 282 g/mol. The van der Waals surface area contributed by atoms with E-state index in [1.54, 1.807) is 12.3 Å². The molecular formula is C12H18N4O2S. The molecule has 0 saturated carbocycles. The number of nitrogens with zero attached hydrogens (tertiary/aromatic N) is 3. The molecule has 1 fully saturated rings. The second-order valence-corrected chi connectivity index (χ2v) is 4.97. The largest absolute Gasteiger partial charge is 0.393 e. The van der Waals surface area contributed by atoms with Crippen LogP contribution in [0.3, 0.4) is 0 Å². The summed E-state index contributed by atoms with van der Waals surface area (Å²) in [7, 11) is 0. The molecule has 2 N–H and O–H groups in total. The highest BCUT2D eigenvalue weighted by Crippen LogP contribution is 2.11. The highest BCUT2D eigenvalue weighted by molar-refractivity contribution is 7.80. The Morgan fingerprint density at radius 3 is 2.84 bits per heavy atom. The molecule has 0 amide bonds. The van der Waals surface area contributed by atoms with E-state index < -0.39 is 0 Å². The van der Waals surface area contributed by atoms with E-state index in [1.165, 1.54) is 4.68 Å². The summed E-state index contributed by atoms with van der Waals surface area (Å²) in [6.07, 6.45) is 3.10. The molecule has 0 unspecified atom stereocenters. The van der Waals surface area contributed by atoms with Gasteiger partial charge in [0.05, 0.1) is 30.1 Å². The summed E-state index contributed by atoms with van der Waals surface area (Å²) in [5, 5.41) is 4.19. The van der Waals surface area contributed by atoms with Crippen molar-refractivity contribution in [2.24, 2.45) is 5.73 Å². The molecular weight excluding hydrogens is 264 g/mol. The summed E-state index contributed by atoms with van der Waals surface area (Å²) in [5.74, 6) is 0. The van der Waals surface area contributed by atoms with Gasteiger partial charge in [-0.15, -0.1) is 0 Å². The molecule has 104 valence electrons. The number of ether oxygens (including phenoxy) is 1. The van der Waals surface area contributed by atoms with E-state index >= 15 is 0 Å². The van der Waals surface area contributed by atoms with Crippen LogP contribution < -0.4 is 16.2 Å². The standard InChI is InChI=1S/C12H18N4O2S/c13-11(19)2-1-3-16-12(17)8-10(9-14-16)15-4-6-18-7-5-15/h8-9H,1-7H2,(H2,13,19). The van der Waals surface area contributed by atoms with Gasteiger partial charge in [-0.1, -0.05) is 12.2 Å². The lowest BCUT2D eigenvalue weighted by Crippen LogP contribution is -2.37. The predicted molar refractivity (Wildman–Crippen MR) is 77.5 cm³/mol. The van der Waals surface area contributed by atoms with Gasteiger partial charge in [0.25, 0.3) is 5.56 Å². The Morgan fingerprint density at radius 1 is 1.47 bits per heavy atom. The topological polar surface area (TPSA) is 73.4 Å². The van der Waals surface area contributed by atoms with E-state index in [1.807, 2.05) is 0 Å². The molecule has 7 heteroatoms. The van der Waals surface area contributed by atoms with Crippen LogP contribution in [0.4, 0.5) is 5.69 Å². The second kappa shape index (κ2) is 6.63. The molecule has 1 aliphatic rings. The summed E-state index contributed by atoms with van der Waals surface area (Å²) < 4.78 is 6.73. The number of aromatic nitrogens is 2. The maximum atomic E-state index is 11.9. The van der Waals surface area contributed by atoms with Crippen LogP contribution in [0.2, 0.25) is 0 Å². The smallest absolute Gasteiger partial charge is 0.268 e. The zero-order valence-electron chi connectivity index (χ0n) is 10.7. The molecule has 0 spiro atoms. The van der Waals surface area contributed by atoms with Crippen molar-refractivity contribution in [1.29, 1.82) is 0 Å². The van der Waals surface area contributed by atoms with Gasteiger partial charge in [-0.2, -0.15) is 5.10 Å². The van der Waals surface area contributed by atoms with Crippen molar-refractivity contribution in [3.05, 3.63) is 22.6 Å². The summed E-state index contributed by atoms with van der Waals surface area (Å²) in [5.41, 5.74) is 6.19. The Labute approximate surface area is 117 Å². The summed E-state index contributed by atoms with van der Waals surface area (Å²) in [4.78, 5) is 14.5. The van der Waals surface area contributed by atoms with Crippen LogP contribution in [0, 0.1) is 0 Å². The Bertz CT molecular complexity index is 497. The fourth-order valence-electron chi connectivity index (χ4n) is 1.99. The van der Waals surface area contributed by atoms with Gasteiger partial charge in [0.15, 0.2) is 0 Å². The lowest BCUT2D eigenvalue weighted by atomic mass is 10.3. The first-order chi connectivity index (χ1) is 9.16. The van der Waals surface area contributed by atoms with Crippen LogP contribution >= 0.6 is 12.2 Å². The van der Waals surface area contributed by atoms with Gasteiger partial charge in [0.2, 0.25) is 0 Å². The molecule has 1 aliphatic heterocycles. The molecule has 19 heavy (non-hydrogen) atoms. The van der Waals surface area contributed by atoms with Crippen molar-refractivity contribution in [3.63, 3.8) is 0 Å². The average molecular weight is 282 g/mol. The molecule has 1 saturated heterocycles. The molecule has 0 aromatic carbocycles. The third-order valence-electron chi connectivity index (χ3n) is 3.02. The Kier molecular flexibility index (Phi) is 4.86. The lowest BCUT2D eigenvalue weighted by molar-refractivity contribution is 0.122. The molecule has 1 aromatic heterocycles. The van der Waals surface area contributed by atoms with Crippen LogP contribution in [0.25, 0.3) is 0 Å². The molecule has 6 nitrogen and oxygen atoms in total. The average Bonchev–Trinajstić information content (AvgIpc) is 2.41. The van der Waals surface area contributed by atoms with Crippen molar-refractivity contribution in [2.45, 2.75) is 19.4 Å². The first kappa shape index (κ1) is 14.0. The first-order valence-electron chi connectivity index (χ1n) is 6.35. The van der Waals surface area contributed by atoms with Gasteiger partial charge in [0, 0.05) is 25.7 Å². The third kappa shape index (κ3) is 4.00. The third-order valence-corrected chi connectivity index (χ3v) is 3.23. The highest BCUT2D eigenvalue weighted by Gasteiger charge is 2.12. The molecule has 2 heterocycles. The Morgan fingerprint density at radius 2 is 2.21 bits per heavy atom. The van der Waals surface area contributed by atoms with Gasteiger partial charge < -0.3 is 15.4 Å². The number of hydrogen-bond donors (Lipinski definition) is 1. The molecule has 1 aromatic rings. The number of anilines is 1. The van der Waals surface area contributed by atoms with Crippen molar-refractivity contribution >= 4 is 22.9 Å². The van der Waals surface area contributed by atoms with Gasteiger partial charge in [-0.25, -0.2) is 4.68 Å². The van der Waals surface area contributed by atoms with E-state index in [9.17, 15) is 4.79 Å². The van der Waals surface area contributed by atoms with E-state index in [0.717, 1.165) is 25.2 Å². The van der Waals surface area contributed by atoms with Crippen molar-refractivity contribution in [2.75, 3.05) is 31.2 Å². The second-order valence-electron chi connectivity index (χ2n) is 4.44. The quantitative estimate of drug-likeness (QED) is 0.775. The zero-order valence-corrected chi connectivity index (χ0v) is 11.6. The summed E-state index contributed by atoms with van der Waals surface area (Å²) in [6, 6.07) is 1.62.